The van der Waals surface area contributed by atoms with Crippen LogP contribution in [-0.2, 0) is 0 Å². The third-order valence-electron chi connectivity index (χ3n) is 3.16. The highest BCUT2D eigenvalue weighted by molar-refractivity contribution is 6.32. The monoisotopic (exact) mass is 302 g/mol. The SMILES string of the molecule is CCCCOc1ccc(-c2nnc3c(Cl)nccn23)cc1. The lowest BCUT2D eigenvalue weighted by Gasteiger charge is -2.06. The van der Waals surface area contributed by atoms with Crippen LogP contribution in [0.3, 0.4) is 0 Å². The number of hydrogen-bond acceptors (Lipinski definition) is 4. The van der Waals surface area contributed by atoms with Gasteiger partial charge in [0.05, 0.1) is 6.61 Å². The number of aromatic nitrogens is 4. The minimum Gasteiger partial charge on any atom is -0.494 e. The minimum absolute atomic E-state index is 0.343. The molecule has 21 heavy (non-hydrogen) atoms. The second-order valence-electron chi connectivity index (χ2n) is 4.66. The van der Waals surface area contributed by atoms with Crippen molar-refractivity contribution >= 4 is 17.2 Å². The number of hydrogen-bond donors (Lipinski definition) is 0. The van der Waals surface area contributed by atoms with Crippen molar-refractivity contribution in [3.8, 4) is 17.1 Å². The molecule has 6 heteroatoms. The first-order valence-corrected chi connectivity index (χ1v) is 7.26. The van der Waals surface area contributed by atoms with Crippen LogP contribution in [0.4, 0.5) is 0 Å². The highest BCUT2D eigenvalue weighted by Gasteiger charge is 2.10. The lowest BCUT2D eigenvalue weighted by Crippen LogP contribution is -1.96. The fourth-order valence-corrected chi connectivity index (χ4v) is 2.21. The van der Waals surface area contributed by atoms with Crippen molar-refractivity contribution in [2.24, 2.45) is 0 Å². The zero-order chi connectivity index (χ0) is 14.7. The summed E-state index contributed by atoms with van der Waals surface area (Å²) in [4.78, 5) is 3.99. The smallest absolute Gasteiger partial charge is 0.198 e. The molecule has 0 saturated heterocycles. The Bertz CT molecular complexity index is 739. The first kappa shape index (κ1) is 13.8. The second kappa shape index (κ2) is 6.10. The number of halogens is 1. The van der Waals surface area contributed by atoms with Gasteiger partial charge in [0, 0.05) is 18.0 Å². The fraction of sp³-hybridized carbons (Fsp3) is 0.267. The van der Waals surface area contributed by atoms with Crippen molar-refractivity contribution in [3.63, 3.8) is 0 Å². The number of fused-ring (bicyclic) bond motifs is 1. The highest BCUT2D eigenvalue weighted by Crippen LogP contribution is 2.23. The van der Waals surface area contributed by atoms with Gasteiger partial charge in [0.15, 0.2) is 16.6 Å². The molecular formula is C15H15ClN4O. The van der Waals surface area contributed by atoms with E-state index >= 15 is 0 Å². The Morgan fingerprint density at radius 2 is 2.00 bits per heavy atom. The van der Waals surface area contributed by atoms with Crippen LogP contribution in [0, 0.1) is 0 Å². The van der Waals surface area contributed by atoms with Gasteiger partial charge in [0.1, 0.15) is 5.75 Å². The molecule has 0 amide bonds. The summed E-state index contributed by atoms with van der Waals surface area (Å²) in [5.41, 5.74) is 1.50. The van der Waals surface area contributed by atoms with Gasteiger partial charge >= 0.3 is 0 Å². The Hall–Kier alpha value is -2.14. The van der Waals surface area contributed by atoms with Crippen LogP contribution in [0.5, 0.6) is 5.75 Å². The first-order chi connectivity index (χ1) is 10.3. The van der Waals surface area contributed by atoms with Gasteiger partial charge in [-0.3, -0.25) is 4.40 Å². The van der Waals surface area contributed by atoms with Gasteiger partial charge in [0.2, 0.25) is 0 Å². The van der Waals surface area contributed by atoms with E-state index < -0.39 is 0 Å². The predicted molar refractivity (Wildman–Crippen MR) is 81.6 cm³/mol. The largest absolute Gasteiger partial charge is 0.494 e. The molecule has 0 unspecified atom stereocenters. The van der Waals surface area contributed by atoms with Crippen LogP contribution in [0.2, 0.25) is 5.15 Å². The quantitative estimate of drug-likeness (QED) is 0.675. The molecule has 1 aromatic carbocycles. The molecule has 0 N–H and O–H groups in total. The summed E-state index contributed by atoms with van der Waals surface area (Å²) in [6.45, 7) is 2.88. The topological polar surface area (TPSA) is 52.3 Å². The van der Waals surface area contributed by atoms with Crippen molar-refractivity contribution in [1.82, 2.24) is 19.6 Å². The molecule has 0 aliphatic heterocycles. The summed E-state index contributed by atoms with van der Waals surface area (Å²) in [5.74, 6) is 1.59. The second-order valence-corrected chi connectivity index (χ2v) is 5.02. The van der Waals surface area contributed by atoms with Crippen molar-refractivity contribution < 1.29 is 4.74 Å². The molecule has 0 saturated carbocycles. The van der Waals surface area contributed by atoms with Crippen molar-refractivity contribution in [2.45, 2.75) is 19.8 Å². The first-order valence-electron chi connectivity index (χ1n) is 6.88. The molecule has 0 atom stereocenters. The molecule has 3 aromatic rings. The average molecular weight is 303 g/mol. The molecule has 2 heterocycles. The third kappa shape index (κ3) is 2.83. The molecule has 0 radical (unpaired) electrons. The maximum atomic E-state index is 6.00. The number of nitrogens with zero attached hydrogens (tertiary/aromatic N) is 4. The zero-order valence-electron chi connectivity index (χ0n) is 11.7. The summed E-state index contributed by atoms with van der Waals surface area (Å²) in [6.07, 6.45) is 5.60. The molecule has 2 aromatic heterocycles. The summed E-state index contributed by atoms with van der Waals surface area (Å²) in [6, 6.07) is 7.81. The lowest BCUT2D eigenvalue weighted by atomic mass is 10.2. The Morgan fingerprint density at radius 1 is 1.19 bits per heavy atom. The molecule has 0 spiro atoms. The predicted octanol–water partition coefficient (Wildman–Crippen LogP) is 3.62. The number of rotatable bonds is 5. The summed E-state index contributed by atoms with van der Waals surface area (Å²) in [7, 11) is 0. The molecular weight excluding hydrogens is 288 g/mol. The van der Waals surface area contributed by atoms with E-state index in [1.165, 1.54) is 0 Å². The fourth-order valence-electron chi connectivity index (χ4n) is 2.03. The molecule has 0 aliphatic rings. The molecule has 0 aliphatic carbocycles. The normalized spacial score (nSPS) is 11.0. The van der Waals surface area contributed by atoms with E-state index in [0.717, 1.165) is 36.6 Å². The summed E-state index contributed by atoms with van der Waals surface area (Å²) in [5, 5.41) is 8.59. The molecule has 0 fully saturated rings. The van der Waals surface area contributed by atoms with Crippen LogP contribution in [0.1, 0.15) is 19.8 Å². The van der Waals surface area contributed by atoms with E-state index in [1.54, 1.807) is 12.4 Å². The van der Waals surface area contributed by atoms with Gasteiger partial charge in [-0.1, -0.05) is 24.9 Å². The average Bonchev–Trinajstić information content (AvgIpc) is 2.94. The van der Waals surface area contributed by atoms with Crippen LogP contribution < -0.4 is 4.74 Å². The number of benzene rings is 1. The van der Waals surface area contributed by atoms with Crippen LogP contribution in [0.15, 0.2) is 36.7 Å². The number of unbranched alkanes of at least 4 members (excludes halogenated alkanes) is 1. The Balaban J connectivity index is 1.87. The third-order valence-corrected chi connectivity index (χ3v) is 3.43. The van der Waals surface area contributed by atoms with Crippen molar-refractivity contribution in [2.75, 3.05) is 6.61 Å². The van der Waals surface area contributed by atoms with E-state index in [9.17, 15) is 0 Å². The Kier molecular flexibility index (Phi) is 4.01. The van der Waals surface area contributed by atoms with E-state index in [0.29, 0.717) is 10.8 Å². The van der Waals surface area contributed by atoms with Gasteiger partial charge in [0.25, 0.3) is 0 Å². The van der Waals surface area contributed by atoms with Gasteiger partial charge in [-0.2, -0.15) is 0 Å². The maximum Gasteiger partial charge on any atom is 0.198 e. The van der Waals surface area contributed by atoms with E-state index in [1.807, 2.05) is 28.7 Å². The van der Waals surface area contributed by atoms with Crippen LogP contribution in [-0.4, -0.2) is 26.2 Å². The Labute approximate surface area is 127 Å². The van der Waals surface area contributed by atoms with Crippen LogP contribution >= 0.6 is 11.6 Å². The highest BCUT2D eigenvalue weighted by atomic mass is 35.5. The van der Waals surface area contributed by atoms with Gasteiger partial charge < -0.3 is 4.74 Å². The number of ether oxygens (including phenoxy) is 1. The summed E-state index contributed by atoms with van der Waals surface area (Å²) >= 11 is 6.00. The van der Waals surface area contributed by atoms with Crippen LogP contribution in [0.25, 0.3) is 17.0 Å². The zero-order valence-corrected chi connectivity index (χ0v) is 12.4. The van der Waals surface area contributed by atoms with Gasteiger partial charge in [-0.15, -0.1) is 10.2 Å². The standard InChI is InChI=1S/C15H15ClN4O/c1-2-3-10-21-12-6-4-11(5-7-12)14-18-19-15-13(16)17-8-9-20(14)15/h4-9H,2-3,10H2,1H3. The molecule has 3 rings (SSSR count). The van der Waals surface area contributed by atoms with Crippen molar-refractivity contribution in [1.29, 1.82) is 0 Å². The molecule has 0 bridgehead atoms. The Morgan fingerprint density at radius 3 is 2.76 bits per heavy atom. The maximum absolute atomic E-state index is 6.00. The lowest BCUT2D eigenvalue weighted by molar-refractivity contribution is 0.309. The molecule has 108 valence electrons. The minimum atomic E-state index is 0.343. The van der Waals surface area contributed by atoms with Gasteiger partial charge in [-0.05, 0) is 30.7 Å². The molecule has 5 nitrogen and oxygen atoms in total. The van der Waals surface area contributed by atoms with E-state index in [4.69, 9.17) is 16.3 Å². The van der Waals surface area contributed by atoms with Crippen molar-refractivity contribution in [3.05, 3.63) is 41.8 Å². The summed E-state index contributed by atoms with van der Waals surface area (Å²) < 4.78 is 7.47. The van der Waals surface area contributed by atoms with Gasteiger partial charge in [-0.25, -0.2) is 4.98 Å². The van der Waals surface area contributed by atoms with E-state index in [2.05, 4.69) is 22.1 Å². The van der Waals surface area contributed by atoms with E-state index in [-0.39, 0.29) is 0 Å².